The molecule has 1 aliphatic carbocycles. The third kappa shape index (κ3) is 2.25. The van der Waals surface area contributed by atoms with E-state index >= 15 is 0 Å². The molecule has 2 fully saturated rings. The molecule has 2 unspecified atom stereocenters. The second kappa shape index (κ2) is 4.84. The third-order valence-corrected chi connectivity index (χ3v) is 3.53. The SMILES string of the molecule is NCCCN1C(=O)OCC2CCCCC21. The van der Waals surface area contributed by atoms with Crippen LogP contribution >= 0.6 is 0 Å². The molecule has 2 rings (SSSR count). The van der Waals surface area contributed by atoms with E-state index in [9.17, 15) is 4.79 Å². The second-order valence-electron chi connectivity index (χ2n) is 4.52. The lowest BCUT2D eigenvalue weighted by molar-refractivity contribution is -0.00865. The Morgan fingerprint density at radius 2 is 2.20 bits per heavy atom. The van der Waals surface area contributed by atoms with E-state index in [-0.39, 0.29) is 6.09 Å². The predicted octanol–water partition coefficient (Wildman–Crippen LogP) is 1.35. The largest absolute Gasteiger partial charge is 0.449 e. The van der Waals surface area contributed by atoms with Crippen molar-refractivity contribution in [2.75, 3.05) is 19.7 Å². The number of ether oxygens (including phenoxy) is 1. The van der Waals surface area contributed by atoms with Crippen LogP contribution in [-0.2, 0) is 4.74 Å². The van der Waals surface area contributed by atoms with Gasteiger partial charge in [-0.1, -0.05) is 12.8 Å². The van der Waals surface area contributed by atoms with Crippen LogP contribution in [-0.4, -0.2) is 36.7 Å². The molecule has 2 aliphatic rings. The topological polar surface area (TPSA) is 55.6 Å². The summed E-state index contributed by atoms with van der Waals surface area (Å²) in [7, 11) is 0. The van der Waals surface area contributed by atoms with E-state index in [2.05, 4.69) is 0 Å². The molecule has 0 spiro atoms. The fourth-order valence-electron chi connectivity index (χ4n) is 2.71. The molecule has 0 aromatic heterocycles. The van der Waals surface area contributed by atoms with E-state index in [1.54, 1.807) is 0 Å². The monoisotopic (exact) mass is 212 g/mol. The lowest BCUT2D eigenvalue weighted by Gasteiger charge is -2.43. The van der Waals surface area contributed by atoms with Gasteiger partial charge in [-0.25, -0.2) is 4.79 Å². The molecule has 0 aromatic rings. The fraction of sp³-hybridized carbons (Fsp3) is 0.909. The fourth-order valence-corrected chi connectivity index (χ4v) is 2.71. The van der Waals surface area contributed by atoms with Gasteiger partial charge in [-0.05, 0) is 25.8 Å². The van der Waals surface area contributed by atoms with E-state index < -0.39 is 0 Å². The lowest BCUT2D eigenvalue weighted by atomic mass is 9.83. The van der Waals surface area contributed by atoms with Crippen LogP contribution in [0, 0.1) is 5.92 Å². The smallest absolute Gasteiger partial charge is 0.410 e. The Labute approximate surface area is 90.8 Å². The first-order chi connectivity index (χ1) is 7.33. The van der Waals surface area contributed by atoms with Gasteiger partial charge in [0.05, 0.1) is 6.61 Å². The number of nitrogens with two attached hydrogens (primary N) is 1. The van der Waals surface area contributed by atoms with E-state index in [4.69, 9.17) is 10.5 Å². The van der Waals surface area contributed by atoms with Crippen LogP contribution in [0.15, 0.2) is 0 Å². The maximum atomic E-state index is 11.6. The summed E-state index contributed by atoms with van der Waals surface area (Å²) in [5, 5.41) is 0. The van der Waals surface area contributed by atoms with Crippen LogP contribution in [0.25, 0.3) is 0 Å². The summed E-state index contributed by atoms with van der Waals surface area (Å²) in [5.74, 6) is 0.564. The molecular formula is C11H20N2O2. The highest BCUT2D eigenvalue weighted by molar-refractivity contribution is 5.69. The number of fused-ring (bicyclic) bond motifs is 1. The number of carbonyl (C=O) groups excluding carboxylic acids is 1. The molecule has 4 nitrogen and oxygen atoms in total. The van der Waals surface area contributed by atoms with E-state index in [1.165, 1.54) is 19.3 Å². The van der Waals surface area contributed by atoms with Crippen molar-refractivity contribution in [3.05, 3.63) is 0 Å². The predicted molar refractivity (Wildman–Crippen MR) is 57.5 cm³/mol. The third-order valence-electron chi connectivity index (χ3n) is 3.53. The van der Waals surface area contributed by atoms with Crippen LogP contribution in [0.3, 0.4) is 0 Å². The van der Waals surface area contributed by atoms with Gasteiger partial charge in [-0.3, -0.25) is 0 Å². The highest BCUT2D eigenvalue weighted by Gasteiger charge is 2.37. The molecule has 2 N–H and O–H groups in total. The van der Waals surface area contributed by atoms with Crippen molar-refractivity contribution < 1.29 is 9.53 Å². The molecule has 1 amide bonds. The summed E-state index contributed by atoms with van der Waals surface area (Å²) in [6.45, 7) is 2.03. The molecular weight excluding hydrogens is 192 g/mol. The van der Waals surface area contributed by atoms with Gasteiger partial charge < -0.3 is 15.4 Å². The molecule has 86 valence electrons. The summed E-state index contributed by atoms with van der Waals surface area (Å²) in [5.41, 5.74) is 5.48. The van der Waals surface area contributed by atoms with Crippen molar-refractivity contribution in [2.24, 2.45) is 11.7 Å². The number of rotatable bonds is 3. The van der Waals surface area contributed by atoms with Gasteiger partial charge in [-0.2, -0.15) is 0 Å². The molecule has 1 saturated heterocycles. The molecule has 0 aromatic carbocycles. The van der Waals surface area contributed by atoms with Crippen molar-refractivity contribution in [3.63, 3.8) is 0 Å². The Hall–Kier alpha value is -0.770. The molecule has 2 atom stereocenters. The molecule has 1 aliphatic heterocycles. The number of carbonyl (C=O) groups is 1. The Morgan fingerprint density at radius 1 is 1.40 bits per heavy atom. The van der Waals surface area contributed by atoms with Crippen molar-refractivity contribution in [1.29, 1.82) is 0 Å². The number of nitrogens with zero attached hydrogens (tertiary/aromatic N) is 1. The number of cyclic esters (lactones) is 1. The van der Waals surface area contributed by atoms with Crippen LogP contribution in [0.1, 0.15) is 32.1 Å². The Morgan fingerprint density at radius 3 is 3.00 bits per heavy atom. The van der Waals surface area contributed by atoms with Gasteiger partial charge in [0.1, 0.15) is 0 Å². The zero-order valence-corrected chi connectivity index (χ0v) is 9.15. The maximum Gasteiger partial charge on any atom is 0.410 e. The van der Waals surface area contributed by atoms with Gasteiger partial charge in [0.2, 0.25) is 0 Å². The first kappa shape index (κ1) is 10.7. The van der Waals surface area contributed by atoms with Gasteiger partial charge in [0, 0.05) is 18.5 Å². The highest BCUT2D eigenvalue weighted by Crippen LogP contribution is 2.32. The van der Waals surface area contributed by atoms with Gasteiger partial charge in [0.25, 0.3) is 0 Å². The zero-order chi connectivity index (χ0) is 10.7. The zero-order valence-electron chi connectivity index (χ0n) is 9.15. The number of amides is 1. The van der Waals surface area contributed by atoms with Gasteiger partial charge in [-0.15, -0.1) is 0 Å². The summed E-state index contributed by atoms with van der Waals surface area (Å²) in [6, 6.07) is 0.423. The average Bonchev–Trinajstić information content (AvgIpc) is 2.28. The highest BCUT2D eigenvalue weighted by atomic mass is 16.6. The lowest BCUT2D eigenvalue weighted by Crippen LogP contribution is -2.52. The van der Waals surface area contributed by atoms with Crippen LogP contribution in [0.4, 0.5) is 4.79 Å². The van der Waals surface area contributed by atoms with E-state index in [0.717, 1.165) is 19.4 Å². The molecule has 4 heteroatoms. The minimum absolute atomic E-state index is 0.133. The van der Waals surface area contributed by atoms with Crippen LogP contribution in [0.2, 0.25) is 0 Å². The average molecular weight is 212 g/mol. The Bertz CT molecular complexity index is 233. The maximum absolute atomic E-state index is 11.6. The minimum atomic E-state index is -0.133. The molecule has 15 heavy (non-hydrogen) atoms. The Kier molecular flexibility index (Phi) is 3.46. The Balaban J connectivity index is 1.99. The van der Waals surface area contributed by atoms with Crippen molar-refractivity contribution in [3.8, 4) is 0 Å². The molecule has 1 heterocycles. The first-order valence-electron chi connectivity index (χ1n) is 5.96. The molecule has 0 bridgehead atoms. The number of hydrogen-bond donors (Lipinski definition) is 1. The minimum Gasteiger partial charge on any atom is -0.449 e. The van der Waals surface area contributed by atoms with Crippen LogP contribution in [0.5, 0.6) is 0 Å². The van der Waals surface area contributed by atoms with Crippen LogP contribution < -0.4 is 5.73 Å². The summed E-state index contributed by atoms with van der Waals surface area (Å²) >= 11 is 0. The normalized spacial score (nSPS) is 31.0. The molecule has 0 radical (unpaired) electrons. The number of hydrogen-bond acceptors (Lipinski definition) is 3. The summed E-state index contributed by atoms with van der Waals surface area (Å²) < 4.78 is 5.20. The second-order valence-corrected chi connectivity index (χ2v) is 4.52. The van der Waals surface area contributed by atoms with E-state index in [0.29, 0.717) is 25.1 Å². The van der Waals surface area contributed by atoms with Crippen molar-refractivity contribution in [1.82, 2.24) is 4.90 Å². The van der Waals surface area contributed by atoms with Crippen molar-refractivity contribution >= 4 is 6.09 Å². The van der Waals surface area contributed by atoms with Gasteiger partial charge in [0.15, 0.2) is 0 Å². The summed E-state index contributed by atoms with van der Waals surface area (Å²) in [6.07, 6.45) is 5.61. The standard InChI is InChI=1S/C11H20N2O2/c12-6-3-7-13-10-5-2-1-4-9(10)8-15-11(13)14/h9-10H,1-8,12H2. The van der Waals surface area contributed by atoms with Gasteiger partial charge >= 0.3 is 6.09 Å². The first-order valence-corrected chi connectivity index (χ1v) is 5.96. The van der Waals surface area contributed by atoms with Crippen molar-refractivity contribution in [2.45, 2.75) is 38.1 Å². The summed E-state index contributed by atoms with van der Waals surface area (Å²) in [4.78, 5) is 13.5. The van der Waals surface area contributed by atoms with E-state index in [1.807, 2.05) is 4.90 Å². The molecule has 1 saturated carbocycles. The quantitative estimate of drug-likeness (QED) is 0.768.